The van der Waals surface area contributed by atoms with E-state index < -0.39 is 6.10 Å². The average molecular weight is 344 g/mol. The summed E-state index contributed by atoms with van der Waals surface area (Å²) in [6, 6.07) is 9.06. The molecular formula is C19H20O6. The van der Waals surface area contributed by atoms with Crippen molar-refractivity contribution in [2.45, 2.75) is 12.5 Å². The Bertz CT molecular complexity index is 781. The van der Waals surface area contributed by atoms with Gasteiger partial charge in [0.2, 0.25) is 5.75 Å². The van der Waals surface area contributed by atoms with Crippen molar-refractivity contribution < 1.29 is 28.5 Å². The molecule has 132 valence electrons. The van der Waals surface area contributed by atoms with Crippen molar-refractivity contribution in [3.63, 3.8) is 0 Å². The number of hydrogen-bond donors (Lipinski definition) is 0. The van der Waals surface area contributed by atoms with Crippen molar-refractivity contribution in [2.75, 3.05) is 28.4 Å². The number of rotatable bonds is 5. The molecule has 2 aromatic carbocycles. The standard InChI is InChI=1S/C19H20O6/c1-21-12-7-5-11(6-8-12)14-9-13(20)17-15(22-2)10-16(23-3)18(24-4)19(17)25-14/h5-8,10,14H,9H2,1-4H3. The van der Waals surface area contributed by atoms with Crippen LogP contribution in [0.25, 0.3) is 0 Å². The lowest BCUT2D eigenvalue weighted by Crippen LogP contribution is -2.22. The summed E-state index contributed by atoms with van der Waals surface area (Å²) >= 11 is 0. The average Bonchev–Trinajstić information content (AvgIpc) is 2.66. The van der Waals surface area contributed by atoms with Gasteiger partial charge in [0.05, 0.1) is 34.9 Å². The highest BCUT2D eigenvalue weighted by molar-refractivity contribution is 6.04. The maximum Gasteiger partial charge on any atom is 0.204 e. The monoisotopic (exact) mass is 344 g/mol. The molecule has 0 amide bonds. The Morgan fingerprint density at radius 3 is 2.16 bits per heavy atom. The Kier molecular flexibility index (Phi) is 4.70. The zero-order valence-corrected chi connectivity index (χ0v) is 14.6. The highest BCUT2D eigenvalue weighted by Crippen LogP contribution is 2.50. The number of carbonyl (C=O) groups excluding carboxylic acids is 1. The van der Waals surface area contributed by atoms with E-state index in [0.29, 0.717) is 28.6 Å². The lowest BCUT2D eigenvalue weighted by Gasteiger charge is -2.28. The van der Waals surface area contributed by atoms with Crippen LogP contribution in [0.4, 0.5) is 0 Å². The van der Waals surface area contributed by atoms with E-state index in [1.165, 1.54) is 21.3 Å². The lowest BCUT2D eigenvalue weighted by atomic mass is 9.95. The Balaban J connectivity index is 2.07. The van der Waals surface area contributed by atoms with Gasteiger partial charge in [0.1, 0.15) is 23.2 Å². The van der Waals surface area contributed by atoms with Crippen molar-refractivity contribution in [2.24, 2.45) is 0 Å². The van der Waals surface area contributed by atoms with Gasteiger partial charge >= 0.3 is 0 Å². The van der Waals surface area contributed by atoms with E-state index in [0.717, 1.165) is 11.3 Å². The van der Waals surface area contributed by atoms with E-state index in [9.17, 15) is 4.79 Å². The summed E-state index contributed by atoms with van der Waals surface area (Å²) in [4.78, 5) is 12.8. The molecule has 1 unspecified atom stereocenters. The molecule has 0 saturated carbocycles. The predicted octanol–water partition coefficient (Wildman–Crippen LogP) is 3.43. The number of Topliss-reactive ketones (excluding diaryl/α,β-unsaturated/α-hetero) is 1. The molecule has 1 aliphatic rings. The first-order valence-corrected chi connectivity index (χ1v) is 7.79. The quantitative estimate of drug-likeness (QED) is 0.828. The highest BCUT2D eigenvalue weighted by atomic mass is 16.5. The second kappa shape index (κ2) is 6.93. The number of benzene rings is 2. The van der Waals surface area contributed by atoms with Crippen LogP contribution >= 0.6 is 0 Å². The van der Waals surface area contributed by atoms with Crippen LogP contribution < -0.4 is 23.7 Å². The van der Waals surface area contributed by atoms with Crippen LogP contribution in [0.1, 0.15) is 28.4 Å². The third-order valence-electron chi connectivity index (χ3n) is 4.21. The van der Waals surface area contributed by atoms with Crippen molar-refractivity contribution in [1.82, 2.24) is 0 Å². The maximum absolute atomic E-state index is 12.8. The van der Waals surface area contributed by atoms with Crippen LogP contribution in [0.5, 0.6) is 28.7 Å². The number of ether oxygens (including phenoxy) is 5. The number of carbonyl (C=O) groups is 1. The van der Waals surface area contributed by atoms with Crippen molar-refractivity contribution >= 4 is 5.78 Å². The zero-order chi connectivity index (χ0) is 18.0. The molecule has 2 aromatic rings. The normalized spacial score (nSPS) is 15.8. The molecule has 6 heteroatoms. The molecule has 3 rings (SSSR count). The summed E-state index contributed by atoms with van der Waals surface area (Å²) in [6.07, 6.45) is -0.206. The fourth-order valence-electron chi connectivity index (χ4n) is 2.94. The molecule has 1 atom stereocenters. The third-order valence-corrected chi connectivity index (χ3v) is 4.21. The van der Waals surface area contributed by atoms with Crippen LogP contribution in [0, 0.1) is 0 Å². The molecule has 0 bridgehead atoms. The van der Waals surface area contributed by atoms with Crippen LogP contribution in [-0.4, -0.2) is 34.2 Å². The second-order valence-corrected chi connectivity index (χ2v) is 5.53. The van der Waals surface area contributed by atoms with Gasteiger partial charge in [-0.05, 0) is 17.7 Å². The molecule has 1 aliphatic heterocycles. The summed E-state index contributed by atoms with van der Waals surface area (Å²) in [6.45, 7) is 0. The van der Waals surface area contributed by atoms with Crippen LogP contribution in [0.3, 0.4) is 0 Å². The second-order valence-electron chi connectivity index (χ2n) is 5.53. The number of hydrogen-bond acceptors (Lipinski definition) is 6. The zero-order valence-electron chi connectivity index (χ0n) is 14.6. The van der Waals surface area contributed by atoms with Crippen LogP contribution in [0.2, 0.25) is 0 Å². The number of fused-ring (bicyclic) bond motifs is 1. The van der Waals surface area contributed by atoms with Crippen molar-refractivity contribution in [3.05, 3.63) is 41.5 Å². The summed E-state index contributed by atoms with van der Waals surface area (Å²) in [5, 5.41) is 0. The fourth-order valence-corrected chi connectivity index (χ4v) is 2.94. The molecule has 0 aliphatic carbocycles. The predicted molar refractivity (Wildman–Crippen MR) is 91.4 cm³/mol. The van der Waals surface area contributed by atoms with E-state index in [2.05, 4.69) is 0 Å². The molecule has 0 aromatic heterocycles. The van der Waals surface area contributed by atoms with Gasteiger partial charge < -0.3 is 23.7 Å². The van der Waals surface area contributed by atoms with Gasteiger partial charge in [-0.2, -0.15) is 0 Å². The van der Waals surface area contributed by atoms with Crippen LogP contribution in [0.15, 0.2) is 30.3 Å². The molecule has 1 heterocycles. The maximum atomic E-state index is 12.8. The molecule has 0 radical (unpaired) electrons. The largest absolute Gasteiger partial charge is 0.497 e. The molecule has 0 saturated heterocycles. The summed E-state index contributed by atoms with van der Waals surface area (Å²) in [7, 11) is 6.14. The van der Waals surface area contributed by atoms with Gasteiger partial charge in [-0.1, -0.05) is 12.1 Å². The molecule has 0 N–H and O–H groups in total. The lowest BCUT2D eigenvalue weighted by molar-refractivity contribution is 0.0835. The van der Waals surface area contributed by atoms with Gasteiger partial charge in [-0.15, -0.1) is 0 Å². The van der Waals surface area contributed by atoms with E-state index in [-0.39, 0.29) is 12.2 Å². The summed E-state index contributed by atoms with van der Waals surface area (Å²) in [5.41, 5.74) is 1.26. The minimum Gasteiger partial charge on any atom is -0.497 e. The number of methoxy groups -OCH3 is 4. The SMILES string of the molecule is COc1ccc(C2CC(=O)c3c(OC)cc(OC)c(OC)c3O2)cc1. The van der Waals surface area contributed by atoms with E-state index >= 15 is 0 Å². The van der Waals surface area contributed by atoms with E-state index in [1.54, 1.807) is 13.2 Å². The van der Waals surface area contributed by atoms with E-state index in [1.807, 2.05) is 24.3 Å². The molecular weight excluding hydrogens is 324 g/mol. The van der Waals surface area contributed by atoms with Gasteiger partial charge in [-0.3, -0.25) is 4.79 Å². The first kappa shape index (κ1) is 17.0. The first-order valence-electron chi connectivity index (χ1n) is 7.79. The Labute approximate surface area is 146 Å². The smallest absolute Gasteiger partial charge is 0.204 e. The van der Waals surface area contributed by atoms with Gasteiger partial charge in [0, 0.05) is 6.07 Å². The minimum absolute atomic E-state index is 0.0696. The third kappa shape index (κ3) is 2.95. The van der Waals surface area contributed by atoms with Crippen LogP contribution in [-0.2, 0) is 0 Å². The molecule has 0 spiro atoms. The number of ketones is 1. The van der Waals surface area contributed by atoms with Gasteiger partial charge in [0.25, 0.3) is 0 Å². The minimum atomic E-state index is -0.420. The highest BCUT2D eigenvalue weighted by Gasteiger charge is 2.35. The van der Waals surface area contributed by atoms with E-state index in [4.69, 9.17) is 23.7 Å². The van der Waals surface area contributed by atoms with Crippen molar-refractivity contribution in [3.8, 4) is 28.7 Å². The molecule has 0 fully saturated rings. The van der Waals surface area contributed by atoms with Gasteiger partial charge in [0.15, 0.2) is 17.3 Å². The topological polar surface area (TPSA) is 63.2 Å². The Morgan fingerprint density at radius 2 is 1.60 bits per heavy atom. The fraction of sp³-hybridized carbons (Fsp3) is 0.316. The van der Waals surface area contributed by atoms with Crippen molar-refractivity contribution in [1.29, 1.82) is 0 Å². The molecule has 25 heavy (non-hydrogen) atoms. The van der Waals surface area contributed by atoms with Gasteiger partial charge in [-0.25, -0.2) is 0 Å². The Hall–Kier alpha value is -2.89. The Morgan fingerprint density at radius 1 is 0.920 bits per heavy atom. The summed E-state index contributed by atoms with van der Waals surface area (Å²) in [5.74, 6) is 2.25. The first-order chi connectivity index (χ1) is 12.1. The molecule has 6 nitrogen and oxygen atoms in total. The summed E-state index contributed by atoms with van der Waals surface area (Å²) < 4.78 is 27.4.